The zero-order chi connectivity index (χ0) is 23.2. The van der Waals surface area contributed by atoms with Crippen LogP contribution in [-0.4, -0.2) is 42.1 Å². The molecule has 1 aromatic heterocycles. The predicted molar refractivity (Wildman–Crippen MR) is 132 cm³/mol. The first kappa shape index (κ1) is 22.8. The highest BCUT2D eigenvalue weighted by molar-refractivity contribution is 7.80. The van der Waals surface area contributed by atoms with E-state index >= 15 is 0 Å². The monoisotopic (exact) mass is 466 g/mol. The third kappa shape index (κ3) is 5.90. The average Bonchev–Trinajstić information content (AvgIpc) is 3.33. The van der Waals surface area contributed by atoms with Crippen molar-refractivity contribution in [1.82, 2.24) is 10.2 Å². The summed E-state index contributed by atoms with van der Waals surface area (Å²) < 4.78 is 18.5. The van der Waals surface area contributed by atoms with E-state index in [4.69, 9.17) is 16.6 Å². The van der Waals surface area contributed by atoms with Gasteiger partial charge in [-0.1, -0.05) is 12.1 Å². The van der Waals surface area contributed by atoms with Gasteiger partial charge in [-0.15, -0.1) is 0 Å². The van der Waals surface area contributed by atoms with Crippen LogP contribution in [0.1, 0.15) is 29.0 Å². The molecule has 0 aliphatic carbocycles. The van der Waals surface area contributed by atoms with Crippen molar-refractivity contribution in [2.45, 2.75) is 25.4 Å². The minimum atomic E-state index is -0.280. The first-order chi connectivity index (χ1) is 16.0. The van der Waals surface area contributed by atoms with Gasteiger partial charge >= 0.3 is 0 Å². The van der Waals surface area contributed by atoms with Crippen LogP contribution in [0.3, 0.4) is 0 Å². The van der Waals surface area contributed by atoms with Crippen LogP contribution in [-0.2, 0) is 6.54 Å². The zero-order valence-corrected chi connectivity index (χ0v) is 19.3. The molecule has 2 N–H and O–H groups in total. The predicted octanol–water partition coefficient (Wildman–Crippen LogP) is 4.65. The van der Waals surface area contributed by atoms with Crippen molar-refractivity contribution in [3.8, 4) is 0 Å². The molecule has 4 rings (SSSR count). The zero-order valence-electron chi connectivity index (χ0n) is 18.5. The Morgan fingerprint density at radius 1 is 1.12 bits per heavy atom. The molecule has 0 spiro atoms. The van der Waals surface area contributed by atoms with Gasteiger partial charge in [-0.05, 0) is 73.6 Å². The summed E-state index contributed by atoms with van der Waals surface area (Å²) in [5, 5.41) is 6.97. The largest absolute Gasteiger partial charge is 0.467 e. The second-order valence-electron chi connectivity index (χ2n) is 8.12. The molecule has 2 aromatic carbocycles. The number of benzene rings is 2. The molecular weight excluding hydrogens is 439 g/mol. The van der Waals surface area contributed by atoms with Crippen molar-refractivity contribution in [1.29, 1.82) is 0 Å². The standard InChI is InChI=1S/C25H27FN4O2S/c1-29(17-21-5-4-16-32-21)24(31)22-6-2-3-7-23(22)30-14-12-20(13-15-30)28-25(33)27-19-10-8-18(26)9-11-19/h2-11,16,20H,12-15,17H2,1H3,(H2,27,28,33). The van der Waals surface area contributed by atoms with Crippen molar-refractivity contribution >= 4 is 34.6 Å². The molecule has 33 heavy (non-hydrogen) atoms. The number of para-hydroxylation sites is 1. The summed E-state index contributed by atoms with van der Waals surface area (Å²) in [4.78, 5) is 17.1. The highest BCUT2D eigenvalue weighted by atomic mass is 32.1. The number of nitrogens with zero attached hydrogens (tertiary/aromatic N) is 2. The van der Waals surface area contributed by atoms with Gasteiger partial charge in [0.2, 0.25) is 0 Å². The maximum absolute atomic E-state index is 13.1. The van der Waals surface area contributed by atoms with Crippen molar-refractivity contribution in [2.75, 3.05) is 30.4 Å². The summed E-state index contributed by atoms with van der Waals surface area (Å²) in [6.07, 6.45) is 3.38. The number of nitrogens with one attached hydrogen (secondary N) is 2. The Bertz CT molecular complexity index is 1080. The van der Waals surface area contributed by atoms with E-state index < -0.39 is 0 Å². The van der Waals surface area contributed by atoms with E-state index in [9.17, 15) is 9.18 Å². The molecule has 0 radical (unpaired) electrons. The smallest absolute Gasteiger partial charge is 0.256 e. The second kappa shape index (κ2) is 10.5. The lowest BCUT2D eigenvalue weighted by molar-refractivity contribution is 0.0776. The molecule has 1 fully saturated rings. The lowest BCUT2D eigenvalue weighted by atomic mass is 10.0. The molecule has 0 saturated carbocycles. The van der Waals surface area contributed by atoms with Gasteiger partial charge < -0.3 is 24.9 Å². The summed E-state index contributed by atoms with van der Waals surface area (Å²) in [7, 11) is 1.78. The number of amides is 1. The minimum Gasteiger partial charge on any atom is -0.467 e. The number of anilines is 2. The van der Waals surface area contributed by atoms with E-state index in [0.29, 0.717) is 17.2 Å². The topological polar surface area (TPSA) is 60.8 Å². The van der Waals surface area contributed by atoms with Crippen LogP contribution in [0.5, 0.6) is 0 Å². The number of furan rings is 1. The molecule has 172 valence electrons. The Hall–Kier alpha value is -3.39. The Kier molecular flexibility index (Phi) is 7.24. The van der Waals surface area contributed by atoms with Crippen LogP contribution in [0.2, 0.25) is 0 Å². The summed E-state index contributed by atoms with van der Waals surface area (Å²) >= 11 is 5.42. The fraction of sp³-hybridized carbons (Fsp3) is 0.280. The van der Waals surface area contributed by atoms with E-state index in [0.717, 1.165) is 43.1 Å². The number of carbonyl (C=O) groups excluding carboxylic acids is 1. The van der Waals surface area contributed by atoms with E-state index in [1.165, 1.54) is 12.1 Å². The molecule has 0 unspecified atom stereocenters. The van der Waals surface area contributed by atoms with Crippen LogP contribution in [0, 0.1) is 5.82 Å². The molecule has 0 bridgehead atoms. The van der Waals surface area contributed by atoms with Crippen molar-refractivity contribution < 1.29 is 13.6 Å². The lowest BCUT2D eigenvalue weighted by Crippen LogP contribution is -2.46. The number of hydrogen-bond donors (Lipinski definition) is 2. The summed E-state index contributed by atoms with van der Waals surface area (Å²) in [6, 6.07) is 17.8. The summed E-state index contributed by atoms with van der Waals surface area (Å²) in [5.74, 6) is 0.435. The third-order valence-electron chi connectivity index (χ3n) is 5.73. The van der Waals surface area contributed by atoms with Gasteiger partial charge in [-0.25, -0.2) is 4.39 Å². The maximum atomic E-state index is 13.1. The summed E-state index contributed by atoms with van der Waals surface area (Å²) in [5.41, 5.74) is 2.38. The van der Waals surface area contributed by atoms with E-state index in [-0.39, 0.29) is 17.8 Å². The molecule has 6 nitrogen and oxygen atoms in total. The maximum Gasteiger partial charge on any atom is 0.256 e. The third-order valence-corrected chi connectivity index (χ3v) is 5.95. The second-order valence-corrected chi connectivity index (χ2v) is 8.53. The van der Waals surface area contributed by atoms with Gasteiger partial charge in [0.1, 0.15) is 11.6 Å². The molecule has 3 aromatic rings. The fourth-order valence-electron chi connectivity index (χ4n) is 3.99. The van der Waals surface area contributed by atoms with Crippen molar-refractivity contribution in [3.63, 3.8) is 0 Å². The molecule has 2 heterocycles. The number of carbonyl (C=O) groups is 1. The van der Waals surface area contributed by atoms with Crippen LogP contribution in [0.25, 0.3) is 0 Å². The fourth-order valence-corrected chi connectivity index (χ4v) is 4.28. The van der Waals surface area contributed by atoms with Gasteiger partial charge in [-0.3, -0.25) is 4.79 Å². The Balaban J connectivity index is 1.33. The van der Waals surface area contributed by atoms with E-state index in [2.05, 4.69) is 15.5 Å². The number of hydrogen-bond acceptors (Lipinski definition) is 4. The first-order valence-electron chi connectivity index (χ1n) is 10.9. The molecule has 0 atom stereocenters. The Morgan fingerprint density at radius 3 is 2.55 bits per heavy atom. The normalized spacial score (nSPS) is 14.1. The quantitative estimate of drug-likeness (QED) is 0.516. The molecule has 1 aliphatic rings. The van der Waals surface area contributed by atoms with Crippen LogP contribution in [0.4, 0.5) is 15.8 Å². The SMILES string of the molecule is CN(Cc1ccco1)C(=O)c1ccccc1N1CCC(NC(=S)Nc2ccc(F)cc2)CC1. The van der Waals surface area contributed by atoms with Gasteiger partial charge in [0.15, 0.2) is 5.11 Å². The Labute approximate surface area is 198 Å². The Morgan fingerprint density at radius 2 is 1.85 bits per heavy atom. The van der Waals surface area contributed by atoms with Gasteiger partial charge in [0.05, 0.1) is 18.4 Å². The van der Waals surface area contributed by atoms with E-state index in [1.54, 1.807) is 30.3 Å². The van der Waals surface area contributed by atoms with Crippen molar-refractivity contribution in [3.05, 3.63) is 84.1 Å². The van der Waals surface area contributed by atoms with Crippen LogP contribution >= 0.6 is 12.2 Å². The van der Waals surface area contributed by atoms with Gasteiger partial charge in [0.25, 0.3) is 5.91 Å². The van der Waals surface area contributed by atoms with Gasteiger partial charge in [0, 0.05) is 37.6 Å². The average molecular weight is 467 g/mol. The lowest BCUT2D eigenvalue weighted by Gasteiger charge is -2.35. The van der Waals surface area contributed by atoms with Crippen LogP contribution < -0.4 is 15.5 Å². The van der Waals surface area contributed by atoms with E-state index in [1.807, 2.05) is 36.4 Å². The summed E-state index contributed by atoms with van der Waals surface area (Å²) in [6.45, 7) is 2.04. The molecule has 1 amide bonds. The highest BCUT2D eigenvalue weighted by Gasteiger charge is 2.24. The minimum absolute atomic E-state index is 0.0353. The highest BCUT2D eigenvalue weighted by Crippen LogP contribution is 2.26. The number of piperidine rings is 1. The van der Waals surface area contributed by atoms with Gasteiger partial charge in [-0.2, -0.15) is 0 Å². The number of halogens is 1. The molecule has 8 heteroatoms. The molecule has 1 saturated heterocycles. The first-order valence-corrected chi connectivity index (χ1v) is 11.4. The van der Waals surface area contributed by atoms with Crippen LogP contribution in [0.15, 0.2) is 71.3 Å². The van der Waals surface area contributed by atoms with Crippen molar-refractivity contribution in [2.24, 2.45) is 0 Å². The number of rotatable bonds is 6. The number of thiocarbonyl (C=S) groups is 1. The molecule has 1 aliphatic heterocycles. The molecular formula is C25H27FN4O2S.